The average Bonchev–Trinajstić information content (AvgIpc) is 3.59. The van der Waals surface area contributed by atoms with E-state index in [1.54, 1.807) is 24.5 Å². The van der Waals surface area contributed by atoms with Gasteiger partial charge >= 0.3 is 12.4 Å². The molecule has 0 bridgehead atoms. The van der Waals surface area contributed by atoms with Gasteiger partial charge in [0.1, 0.15) is 15.0 Å². The molecule has 0 saturated heterocycles. The summed E-state index contributed by atoms with van der Waals surface area (Å²) in [6, 6.07) is 12.8. The lowest BCUT2D eigenvalue weighted by Crippen LogP contribution is -2.21. The Balaban J connectivity index is 0.000000208. The highest BCUT2D eigenvalue weighted by Crippen LogP contribution is 2.31. The standard InChI is InChI=1S/C16H13F3N4O2.C10H6F3IN2/c1-22-15(24)14(13(25-2)9-20-22)12-7-8-23(21-12)11-5-3-10(4-6-11)16(17,18)19;11-10(12,13)7-1-3-8(4-2-7)16-6-5-9(14)15-16/h3-9H,1-2H3;1-6H. The predicted molar refractivity (Wildman–Crippen MR) is 145 cm³/mol. The van der Waals surface area contributed by atoms with Crippen LogP contribution < -0.4 is 10.3 Å². The molecule has 0 aliphatic carbocycles. The summed E-state index contributed by atoms with van der Waals surface area (Å²) >= 11 is 2.04. The van der Waals surface area contributed by atoms with E-state index in [2.05, 4.69) is 15.3 Å². The largest absolute Gasteiger partial charge is 0.494 e. The van der Waals surface area contributed by atoms with Crippen molar-refractivity contribution >= 4 is 22.6 Å². The highest BCUT2D eigenvalue weighted by molar-refractivity contribution is 14.1. The molecular weight excluding hydrogens is 669 g/mol. The molecule has 0 atom stereocenters. The fourth-order valence-electron chi connectivity index (χ4n) is 3.57. The van der Waals surface area contributed by atoms with Gasteiger partial charge in [-0.05, 0) is 83.3 Å². The number of rotatable bonds is 4. The third kappa shape index (κ3) is 6.96. The van der Waals surface area contributed by atoms with Crippen LogP contribution in [0.25, 0.3) is 22.6 Å². The lowest BCUT2D eigenvalue weighted by Gasteiger charge is -2.08. The second kappa shape index (κ2) is 11.8. The number of methoxy groups -OCH3 is 1. The molecule has 5 aromatic rings. The Labute approximate surface area is 241 Å². The molecule has 0 spiro atoms. The minimum atomic E-state index is -4.40. The molecule has 0 N–H and O–H groups in total. The molecule has 0 unspecified atom stereocenters. The van der Waals surface area contributed by atoms with E-state index in [1.807, 2.05) is 22.6 Å². The summed E-state index contributed by atoms with van der Waals surface area (Å²) in [5, 5.41) is 12.2. The summed E-state index contributed by atoms with van der Waals surface area (Å²) in [7, 11) is 2.91. The zero-order chi connectivity index (χ0) is 29.9. The van der Waals surface area contributed by atoms with Crippen molar-refractivity contribution in [1.82, 2.24) is 29.3 Å². The highest BCUT2D eigenvalue weighted by Gasteiger charge is 2.30. The molecular formula is C26H19F6IN6O2. The van der Waals surface area contributed by atoms with E-state index < -0.39 is 29.0 Å². The van der Waals surface area contributed by atoms with Crippen molar-refractivity contribution in [2.45, 2.75) is 12.4 Å². The van der Waals surface area contributed by atoms with E-state index in [1.165, 1.54) is 54.0 Å². The van der Waals surface area contributed by atoms with Crippen molar-refractivity contribution < 1.29 is 31.1 Å². The first-order valence-electron chi connectivity index (χ1n) is 11.5. The number of ether oxygens (including phenoxy) is 1. The van der Waals surface area contributed by atoms with Gasteiger partial charge in [-0.15, -0.1) is 0 Å². The molecule has 0 radical (unpaired) electrons. The molecule has 0 aliphatic rings. The zero-order valence-corrected chi connectivity index (χ0v) is 23.3. The number of hydrogen-bond donors (Lipinski definition) is 0. The molecule has 8 nitrogen and oxygen atoms in total. The molecule has 15 heteroatoms. The van der Waals surface area contributed by atoms with Gasteiger partial charge in [0.25, 0.3) is 5.56 Å². The third-order valence-corrected chi connectivity index (χ3v) is 6.22. The van der Waals surface area contributed by atoms with Crippen LogP contribution in [0.15, 0.2) is 84.0 Å². The van der Waals surface area contributed by atoms with E-state index in [0.717, 1.165) is 32.6 Å². The Morgan fingerprint density at radius 1 is 0.756 bits per heavy atom. The van der Waals surface area contributed by atoms with Crippen LogP contribution in [0.3, 0.4) is 0 Å². The minimum Gasteiger partial charge on any atom is -0.494 e. The molecule has 3 heterocycles. The van der Waals surface area contributed by atoms with E-state index in [9.17, 15) is 31.1 Å². The Kier molecular flexibility index (Phi) is 8.55. The van der Waals surface area contributed by atoms with Crippen molar-refractivity contribution in [1.29, 1.82) is 0 Å². The van der Waals surface area contributed by atoms with Crippen LogP contribution >= 0.6 is 22.6 Å². The summed E-state index contributed by atoms with van der Waals surface area (Å²) in [5.41, 5.74) is -0.186. The van der Waals surface area contributed by atoms with Gasteiger partial charge in [-0.2, -0.15) is 41.6 Å². The van der Waals surface area contributed by atoms with Crippen LogP contribution in [-0.2, 0) is 19.4 Å². The maximum Gasteiger partial charge on any atom is 0.416 e. The second-order valence-electron chi connectivity index (χ2n) is 8.33. The Bertz CT molecular complexity index is 1690. The summed E-state index contributed by atoms with van der Waals surface area (Å²) in [4.78, 5) is 12.3. The normalized spacial score (nSPS) is 11.6. The van der Waals surface area contributed by atoms with Crippen LogP contribution in [0.5, 0.6) is 5.75 Å². The van der Waals surface area contributed by atoms with Crippen LogP contribution in [0, 0.1) is 3.70 Å². The topological polar surface area (TPSA) is 79.8 Å². The lowest BCUT2D eigenvalue weighted by atomic mass is 10.2. The summed E-state index contributed by atoms with van der Waals surface area (Å²) in [6.07, 6.45) is -4.04. The van der Waals surface area contributed by atoms with Crippen LogP contribution in [-0.4, -0.2) is 36.5 Å². The van der Waals surface area contributed by atoms with E-state index in [0.29, 0.717) is 17.1 Å². The maximum atomic E-state index is 12.6. The number of halogens is 7. The molecule has 3 aromatic heterocycles. The number of hydrogen-bond acceptors (Lipinski definition) is 5. The quantitative estimate of drug-likeness (QED) is 0.167. The van der Waals surface area contributed by atoms with Crippen molar-refractivity contribution in [3.8, 4) is 28.4 Å². The Morgan fingerprint density at radius 2 is 1.24 bits per heavy atom. The number of alkyl halides is 6. The van der Waals surface area contributed by atoms with Gasteiger partial charge in [-0.3, -0.25) is 4.79 Å². The van der Waals surface area contributed by atoms with E-state index in [-0.39, 0.29) is 11.3 Å². The molecule has 5 rings (SSSR count). The Morgan fingerprint density at radius 3 is 1.68 bits per heavy atom. The number of aryl methyl sites for hydroxylation is 1. The van der Waals surface area contributed by atoms with Gasteiger partial charge in [-0.1, -0.05) is 0 Å². The van der Waals surface area contributed by atoms with Gasteiger partial charge in [0, 0.05) is 19.4 Å². The first kappa shape index (κ1) is 29.8. The lowest BCUT2D eigenvalue weighted by molar-refractivity contribution is -0.138. The summed E-state index contributed by atoms with van der Waals surface area (Å²) in [5.74, 6) is 0.265. The monoisotopic (exact) mass is 688 g/mol. The summed E-state index contributed by atoms with van der Waals surface area (Å²) < 4.78 is 84.8. The van der Waals surface area contributed by atoms with Gasteiger partial charge in [0.2, 0.25) is 0 Å². The highest BCUT2D eigenvalue weighted by atomic mass is 127. The predicted octanol–water partition coefficient (Wildman–Crippen LogP) is 6.16. The van der Waals surface area contributed by atoms with Gasteiger partial charge in [0.15, 0.2) is 5.75 Å². The second-order valence-corrected chi connectivity index (χ2v) is 9.44. The van der Waals surface area contributed by atoms with Gasteiger partial charge in [-0.25, -0.2) is 14.0 Å². The van der Waals surface area contributed by atoms with Gasteiger partial charge in [0.05, 0.1) is 35.8 Å². The average molecular weight is 688 g/mol. The molecule has 0 aliphatic heterocycles. The summed E-state index contributed by atoms with van der Waals surface area (Å²) in [6.45, 7) is 0. The number of benzene rings is 2. The van der Waals surface area contributed by atoms with Crippen molar-refractivity contribution in [3.05, 3.63) is 104 Å². The first-order chi connectivity index (χ1) is 19.3. The number of nitrogens with zero attached hydrogens (tertiary/aromatic N) is 6. The minimum absolute atomic E-state index is 0.227. The maximum absolute atomic E-state index is 12.6. The molecule has 0 fully saturated rings. The van der Waals surface area contributed by atoms with Crippen molar-refractivity contribution in [2.75, 3.05) is 7.11 Å². The van der Waals surface area contributed by atoms with Gasteiger partial charge < -0.3 is 4.74 Å². The number of aromatic nitrogens is 6. The molecule has 2 aromatic carbocycles. The SMILES string of the molecule is COc1cnn(C)c(=O)c1-c1ccn(-c2ccc(C(F)(F)F)cc2)n1.FC(F)(F)c1ccc(-n2ccc(I)n2)cc1. The fraction of sp³-hybridized carbons (Fsp3) is 0.154. The fourth-order valence-corrected chi connectivity index (χ4v) is 3.96. The molecule has 0 saturated carbocycles. The zero-order valence-electron chi connectivity index (χ0n) is 21.2. The molecule has 214 valence electrons. The molecule has 0 amide bonds. The van der Waals surface area contributed by atoms with Crippen molar-refractivity contribution in [2.24, 2.45) is 7.05 Å². The first-order valence-corrected chi connectivity index (χ1v) is 12.6. The smallest absolute Gasteiger partial charge is 0.416 e. The Hall–Kier alpha value is -4.15. The van der Waals surface area contributed by atoms with E-state index >= 15 is 0 Å². The van der Waals surface area contributed by atoms with Crippen LogP contribution in [0.2, 0.25) is 0 Å². The van der Waals surface area contributed by atoms with Crippen LogP contribution in [0.4, 0.5) is 26.3 Å². The third-order valence-electron chi connectivity index (χ3n) is 5.64. The van der Waals surface area contributed by atoms with E-state index in [4.69, 9.17) is 4.74 Å². The van der Waals surface area contributed by atoms with Crippen molar-refractivity contribution in [3.63, 3.8) is 0 Å². The molecule has 41 heavy (non-hydrogen) atoms. The van der Waals surface area contributed by atoms with Crippen LogP contribution in [0.1, 0.15) is 11.1 Å².